The molecule has 3 saturated heterocycles. The van der Waals surface area contributed by atoms with Gasteiger partial charge in [-0.2, -0.15) is 13.2 Å². The van der Waals surface area contributed by atoms with E-state index in [2.05, 4.69) is 22.9 Å². The van der Waals surface area contributed by atoms with E-state index in [-0.39, 0.29) is 134 Å². The van der Waals surface area contributed by atoms with Crippen molar-refractivity contribution in [1.29, 1.82) is 0 Å². The van der Waals surface area contributed by atoms with Gasteiger partial charge in [0.2, 0.25) is 70.9 Å². The molecule has 0 bridgehead atoms. The molecule has 0 radical (unpaired) electrons. The second-order valence-corrected chi connectivity index (χ2v) is 32.6. The van der Waals surface area contributed by atoms with E-state index in [1.807, 2.05) is 20.8 Å². The van der Waals surface area contributed by atoms with Gasteiger partial charge in [-0.1, -0.05) is 92.4 Å². The molecule has 4 aliphatic carbocycles. The van der Waals surface area contributed by atoms with Gasteiger partial charge in [0, 0.05) is 87.6 Å². The summed E-state index contributed by atoms with van der Waals surface area (Å²) in [6.45, 7) is 8.76. The zero-order valence-corrected chi connectivity index (χ0v) is 65.2. The molecule has 7 aliphatic rings. The van der Waals surface area contributed by atoms with E-state index >= 15 is 38.4 Å². The Labute approximate surface area is 624 Å². The molecule has 3 N–H and O–H groups in total. The van der Waals surface area contributed by atoms with E-state index in [1.54, 1.807) is 6.92 Å². The van der Waals surface area contributed by atoms with Crippen LogP contribution in [-0.4, -0.2) is 289 Å². The molecule has 1 spiro atoms. The van der Waals surface area contributed by atoms with E-state index in [0.29, 0.717) is 44.4 Å². The fraction of sp³-hybridized carbons (Fsp3) is 0.840. The third kappa shape index (κ3) is 22.4. The van der Waals surface area contributed by atoms with Crippen LogP contribution in [0.2, 0.25) is 0 Å². The summed E-state index contributed by atoms with van der Waals surface area (Å²) >= 11 is 6.44. The van der Waals surface area contributed by atoms with Crippen LogP contribution in [0.1, 0.15) is 189 Å². The van der Waals surface area contributed by atoms with E-state index in [1.165, 1.54) is 83.7 Å². The average Bonchev–Trinajstić information content (AvgIpc) is 1.44. The predicted molar refractivity (Wildman–Crippen MR) is 387 cm³/mol. The average molecular weight is 1510 g/mol. The van der Waals surface area contributed by atoms with Gasteiger partial charge in [0.1, 0.15) is 47.8 Å². The lowest BCUT2D eigenvalue weighted by Gasteiger charge is -2.42. The molecule has 7 fully saturated rings. The minimum absolute atomic E-state index is 0.00750. The molecule has 3 unspecified atom stereocenters. The van der Waals surface area contributed by atoms with Crippen molar-refractivity contribution in [1.82, 2.24) is 60.0 Å². The summed E-state index contributed by atoms with van der Waals surface area (Å²) in [4.78, 5) is 193. The van der Waals surface area contributed by atoms with Gasteiger partial charge in [-0.25, -0.2) is 0 Å². The number of carbonyl (C=O) groups is 12. The van der Waals surface area contributed by atoms with Gasteiger partial charge >= 0.3 is 6.18 Å². The Hall–Kier alpha value is -6.36. The zero-order valence-electron chi connectivity index (χ0n) is 64.5. The monoisotopic (exact) mass is 1510 g/mol. The largest absolute Gasteiger partial charge is 0.393 e. The molecule has 30 heteroatoms. The number of morpholine rings is 1. The molecule has 0 aromatic heterocycles. The van der Waals surface area contributed by atoms with Crippen molar-refractivity contribution >= 4 is 82.5 Å². The summed E-state index contributed by atoms with van der Waals surface area (Å²) < 4.78 is 53.3. The topological polar surface area (TPSA) is 289 Å². The smallest absolute Gasteiger partial charge is 0.385 e. The highest BCUT2D eigenvalue weighted by atomic mass is 35.5. The second kappa shape index (κ2) is 39.1. The first-order valence-electron chi connectivity index (χ1n) is 38.7. The highest BCUT2D eigenvalue weighted by Crippen LogP contribution is 2.44. The molecule has 105 heavy (non-hydrogen) atoms. The van der Waals surface area contributed by atoms with Gasteiger partial charge in [-0.05, 0) is 125 Å². The lowest BCUT2D eigenvalue weighted by Crippen LogP contribution is -2.65. The highest BCUT2D eigenvalue weighted by Gasteiger charge is 2.53. The third-order valence-corrected chi connectivity index (χ3v) is 24.3. The lowest BCUT2D eigenvalue weighted by atomic mass is 9.78. The van der Waals surface area contributed by atoms with Gasteiger partial charge in [0.05, 0.1) is 45.2 Å². The number of alkyl halides is 4. The van der Waals surface area contributed by atoms with Crippen LogP contribution in [-0.2, 0) is 67.0 Å². The molecule has 0 aromatic rings. The van der Waals surface area contributed by atoms with Crippen LogP contribution < -0.4 is 16.0 Å². The Kier molecular flexibility index (Phi) is 32.0. The number of nitrogens with zero attached hydrogens (tertiary/aromatic N) is 9. The van der Waals surface area contributed by atoms with Gasteiger partial charge in [0.15, 0.2) is 0 Å². The first-order chi connectivity index (χ1) is 49.6. The lowest BCUT2D eigenvalue weighted by molar-refractivity contribution is -0.182. The summed E-state index contributed by atoms with van der Waals surface area (Å²) in [5.41, 5.74) is -1.57. The molecule has 3 aliphatic heterocycles. The maximum Gasteiger partial charge on any atom is 0.393 e. The van der Waals surface area contributed by atoms with Crippen LogP contribution in [0.3, 0.4) is 0 Å². The van der Waals surface area contributed by atoms with Gasteiger partial charge in [0.25, 0.3) is 0 Å². The first-order valence-corrected chi connectivity index (χ1v) is 39.2. The van der Waals surface area contributed by atoms with Crippen LogP contribution in [0.5, 0.6) is 0 Å². The maximum absolute atomic E-state index is 15.7. The Morgan fingerprint density at radius 3 is 1.90 bits per heavy atom. The highest BCUT2D eigenvalue weighted by molar-refractivity contribution is 6.21. The summed E-state index contributed by atoms with van der Waals surface area (Å²) in [5, 5.41) is 7.64. The van der Waals surface area contributed by atoms with Crippen LogP contribution in [0.25, 0.3) is 0 Å². The van der Waals surface area contributed by atoms with E-state index in [0.717, 1.165) is 48.3 Å². The molecular formula is C75H122ClF3N12O14. The third-order valence-electron chi connectivity index (χ3n) is 23.9. The van der Waals surface area contributed by atoms with E-state index < -0.39 is 174 Å². The van der Waals surface area contributed by atoms with Crippen LogP contribution in [0, 0.1) is 41.4 Å². The molecule has 7 rings (SSSR count). The van der Waals surface area contributed by atoms with Crippen LogP contribution >= 0.6 is 11.6 Å². The number of carbonyl (C=O) groups excluding carboxylic acids is 12. The minimum Gasteiger partial charge on any atom is -0.385 e. The fourth-order valence-corrected chi connectivity index (χ4v) is 17.6. The molecule has 11 atom stereocenters. The normalized spacial score (nSPS) is 30.4. The number of rotatable bonds is 15. The summed E-state index contributed by atoms with van der Waals surface area (Å²) in [5.74, 6) is -10.5. The Morgan fingerprint density at radius 2 is 1.30 bits per heavy atom. The van der Waals surface area contributed by atoms with Crippen molar-refractivity contribution in [3.05, 3.63) is 0 Å². The number of amides is 12. The van der Waals surface area contributed by atoms with Gasteiger partial charge < -0.3 is 69.5 Å². The zero-order chi connectivity index (χ0) is 77.4. The SMILES string of the molecule is CC[C@H](C)[C@@H]1NC(=O)[C@H](CC(C)C)N(C)C(=O)C[C@@H](C(=O)N2CCOCC2)N(C)C(=O)[C@H](C2CCCC2)N(C)C(=O)C2(CCCC2)NC(=O)[C@@H]2CCCN2C(=O)[C@H](CCC2CCC(C(F)(F)F)C(Cl)C2)NC(=O)CN(C)C(=O)[C@H](CC2CCC(C)CC2)N(CCCOC)C(=O)CN(C)C(=O)CN(C)C1=O. The van der Waals surface area contributed by atoms with Crippen LogP contribution in [0.4, 0.5) is 13.2 Å². The number of halogens is 4. The Morgan fingerprint density at radius 1 is 0.667 bits per heavy atom. The number of fused-ring (bicyclic) bond motifs is 1. The van der Waals surface area contributed by atoms with Crippen molar-refractivity contribution < 1.29 is 80.2 Å². The predicted octanol–water partition coefficient (Wildman–Crippen LogP) is 5.59. The van der Waals surface area contributed by atoms with Crippen molar-refractivity contribution in [2.75, 3.05) is 115 Å². The number of hydrogen-bond donors (Lipinski definition) is 3. The second-order valence-electron chi connectivity index (χ2n) is 32.0. The van der Waals surface area contributed by atoms with E-state index in [4.69, 9.17) is 21.1 Å². The number of ether oxygens (including phenoxy) is 2. The fourth-order valence-electron chi connectivity index (χ4n) is 17.0. The number of methoxy groups -OCH3 is 1. The Bertz CT molecular complexity index is 3020. The first kappa shape index (κ1) is 85.9. The van der Waals surface area contributed by atoms with Gasteiger partial charge in [-0.15, -0.1) is 11.6 Å². The number of likely N-dealkylation sites (N-methyl/N-ethyl adjacent to an activating group) is 6. The van der Waals surface area contributed by atoms with Crippen molar-refractivity contribution in [2.24, 2.45) is 41.4 Å². The standard InChI is InChI=1S/C75H122ClF3N12O14/c1-13-49(5)64-71(101)85(8)45-62(94)83(6)46-63(95)90(34-19-37-104-12)59(42-51-25-23-48(4)24-26-51)69(99)84(7)44-60(92)80-55(30-28-50-27-29-53(54(76)41-50)75(77,78)79)68(98)91-33-18-22-56(91)67(97)82-74(31-16-17-32-74)73(103)88(11)65(52-20-14-15-21-52)72(102)87(10)58(70(100)89-35-38-105-39-36-89)43-61(93)86(9)57(40-47(2)3)66(96)81-64/h47-59,64-65H,13-46H2,1-12H3,(H,80,92)(H,81,96)(H,82,97)/t48?,49-,50?,51?,53?,54?,55-,56-,57-,58-,59-,64-,65-/m0/s1. The minimum atomic E-state index is -4.52. The molecular weight excluding hydrogens is 1390 g/mol. The molecule has 594 valence electrons. The molecule has 3 heterocycles. The summed E-state index contributed by atoms with van der Waals surface area (Å²) in [6.07, 6.45) is 3.61. The maximum atomic E-state index is 15.7. The van der Waals surface area contributed by atoms with Crippen LogP contribution in [0.15, 0.2) is 0 Å². The van der Waals surface area contributed by atoms with E-state index in [9.17, 15) is 32.3 Å². The number of nitrogens with one attached hydrogen (secondary N) is 3. The summed E-state index contributed by atoms with van der Waals surface area (Å²) in [7, 11) is 10.1. The van der Waals surface area contributed by atoms with Crippen molar-refractivity contribution in [2.45, 2.75) is 248 Å². The van der Waals surface area contributed by atoms with Crippen molar-refractivity contribution in [3.63, 3.8) is 0 Å². The molecule has 0 aromatic carbocycles. The summed E-state index contributed by atoms with van der Waals surface area (Å²) in [6, 6.07) is -8.74. The molecule has 12 amide bonds. The Balaban J connectivity index is 1.30. The van der Waals surface area contributed by atoms with Gasteiger partial charge in [-0.3, -0.25) is 57.5 Å². The van der Waals surface area contributed by atoms with Crippen molar-refractivity contribution in [3.8, 4) is 0 Å². The quantitative estimate of drug-likeness (QED) is 0.133. The number of hydrogen-bond acceptors (Lipinski definition) is 14. The molecule has 4 saturated carbocycles. The molecule has 26 nitrogen and oxygen atoms in total.